The molecule has 1 aromatic heterocycles. The lowest BCUT2D eigenvalue weighted by molar-refractivity contribution is -0.115. The molecule has 3 nitrogen and oxygen atoms in total. The lowest BCUT2D eigenvalue weighted by atomic mass is 10.1. The maximum atomic E-state index is 11.9. The molecule has 0 aromatic carbocycles. The zero-order valence-corrected chi connectivity index (χ0v) is 10.9. The Balaban J connectivity index is 3.07. The predicted octanol–water partition coefficient (Wildman–Crippen LogP) is 2.35. The molecule has 90 valence electrons. The molecule has 0 aliphatic rings. The van der Waals surface area contributed by atoms with E-state index in [1.807, 2.05) is 19.1 Å². The van der Waals surface area contributed by atoms with Crippen LogP contribution in [0.5, 0.6) is 0 Å². The lowest BCUT2D eigenvalue weighted by Gasteiger charge is -2.09. The number of carbonyl (C=O) groups is 1. The van der Waals surface area contributed by atoms with Gasteiger partial charge in [-0.15, -0.1) is 19.2 Å². The van der Waals surface area contributed by atoms with Crippen molar-refractivity contribution in [3.05, 3.63) is 47.1 Å². The van der Waals surface area contributed by atoms with Crippen LogP contribution in [0.1, 0.15) is 18.3 Å². The van der Waals surface area contributed by atoms with Crippen LogP contribution in [-0.4, -0.2) is 17.4 Å². The van der Waals surface area contributed by atoms with E-state index in [2.05, 4.69) is 29.5 Å². The van der Waals surface area contributed by atoms with E-state index in [-0.39, 0.29) is 5.91 Å². The molecule has 0 atom stereocenters. The highest BCUT2D eigenvalue weighted by Crippen LogP contribution is 2.19. The molecule has 0 unspecified atom stereocenters. The van der Waals surface area contributed by atoms with Gasteiger partial charge in [0.15, 0.2) is 0 Å². The molecule has 0 spiro atoms. The summed E-state index contributed by atoms with van der Waals surface area (Å²) in [6, 6.07) is 5.56. The number of thiol groups is 1. The topological polar surface area (TPSA) is 42.0 Å². The van der Waals surface area contributed by atoms with Gasteiger partial charge in [-0.2, -0.15) is 0 Å². The fourth-order valence-electron chi connectivity index (χ4n) is 1.40. The first-order chi connectivity index (χ1) is 8.06. The minimum atomic E-state index is -0.185. The van der Waals surface area contributed by atoms with Crippen molar-refractivity contribution in [1.82, 2.24) is 10.3 Å². The normalized spacial score (nSPS) is 11.7. The van der Waals surface area contributed by atoms with Crippen LogP contribution >= 0.6 is 12.6 Å². The van der Waals surface area contributed by atoms with E-state index in [0.29, 0.717) is 22.7 Å². The van der Waals surface area contributed by atoms with Gasteiger partial charge in [0.05, 0.1) is 11.3 Å². The van der Waals surface area contributed by atoms with Crippen molar-refractivity contribution < 1.29 is 4.79 Å². The van der Waals surface area contributed by atoms with Gasteiger partial charge >= 0.3 is 0 Å². The summed E-state index contributed by atoms with van der Waals surface area (Å²) in [5, 5.41) is 2.73. The molecule has 1 amide bonds. The molecule has 0 bridgehead atoms. The van der Waals surface area contributed by atoms with Crippen molar-refractivity contribution in [1.29, 1.82) is 0 Å². The van der Waals surface area contributed by atoms with Gasteiger partial charge in [-0.05, 0) is 30.9 Å². The molecule has 1 heterocycles. The summed E-state index contributed by atoms with van der Waals surface area (Å²) in [6.45, 7) is 7.64. The van der Waals surface area contributed by atoms with Crippen LogP contribution in [0, 0.1) is 6.92 Å². The third kappa shape index (κ3) is 3.75. The Bertz CT molecular complexity index is 462. The summed E-state index contributed by atoms with van der Waals surface area (Å²) in [4.78, 5) is 16.9. The number of aromatic nitrogens is 1. The van der Waals surface area contributed by atoms with Gasteiger partial charge in [0.1, 0.15) is 0 Å². The van der Waals surface area contributed by atoms with Crippen molar-refractivity contribution in [2.45, 2.75) is 13.8 Å². The number of rotatable bonds is 4. The molecule has 0 saturated heterocycles. The van der Waals surface area contributed by atoms with Crippen LogP contribution in [0.15, 0.2) is 35.8 Å². The highest BCUT2D eigenvalue weighted by molar-refractivity contribution is 7.84. The van der Waals surface area contributed by atoms with E-state index in [0.717, 1.165) is 5.69 Å². The Morgan fingerprint density at radius 1 is 1.59 bits per heavy atom. The number of amides is 1. The fraction of sp³-hybridized carbons (Fsp3) is 0.231. The monoisotopic (exact) mass is 248 g/mol. The van der Waals surface area contributed by atoms with E-state index < -0.39 is 0 Å². The number of aryl methyl sites for hydroxylation is 1. The first-order valence-corrected chi connectivity index (χ1v) is 5.74. The van der Waals surface area contributed by atoms with E-state index in [4.69, 9.17) is 0 Å². The van der Waals surface area contributed by atoms with Crippen molar-refractivity contribution in [2.75, 3.05) is 6.54 Å². The Morgan fingerprint density at radius 3 is 2.82 bits per heavy atom. The Kier molecular flexibility index (Phi) is 4.97. The first-order valence-electron chi connectivity index (χ1n) is 5.29. The zero-order valence-electron chi connectivity index (χ0n) is 10.0. The molecular weight excluding hydrogens is 232 g/mol. The molecule has 0 aliphatic heterocycles. The number of hydrogen-bond donors (Lipinski definition) is 2. The summed E-state index contributed by atoms with van der Waals surface area (Å²) >= 11 is 4.25. The first kappa shape index (κ1) is 13.5. The second-order valence-corrected chi connectivity index (χ2v) is 4.29. The Labute approximate surface area is 107 Å². The second kappa shape index (κ2) is 6.25. The van der Waals surface area contributed by atoms with E-state index in [1.54, 1.807) is 19.1 Å². The average Bonchev–Trinajstić information content (AvgIpc) is 2.26. The van der Waals surface area contributed by atoms with Crippen LogP contribution < -0.4 is 5.32 Å². The quantitative estimate of drug-likeness (QED) is 0.488. The van der Waals surface area contributed by atoms with Gasteiger partial charge < -0.3 is 5.32 Å². The maximum absolute atomic E-state index is 11.9. The SMILES string of the molecule is C=CCNC(=O)C(=C(C)S)c1cccc(C)n1. The van der Waals surface area contributed by atoms with Gasteiger partial charge in [0, 0.05) is 12.2 Å². The molecule has 4 heteroatoms. The summed E-state index contributed by atoms with van der Waals surface area (Å²) in [5.41, 5.74) is 2.00. The number of pyridine rings is 1. The molecule has 1 rings (SSSR count). The van der Waals surface area contributed by atoms with Crippen molar-refractivity contribution in [3.8, 4) is 0 Å². The average molecular weight is 248 g/mol. The van der Waals surface area contributed by atoms with E-state index >= 15 is 0 Å². The molecule has 17 heavy (non-hydrogen) atoms. The van der Waals surface area contributed by atoms with Gasteiger partial charge in [0.25, 0.3) is 5.91 Å². The Hall–Kier alpha value is -1.55. The highest BCUT2D eigenvalue weighted by Gasteiger charge is 2.14. The van der Waals surface area contributed by atoms with Crippen LogP contribution in [0.3, 0.4) is 0 Å². The van der Waals surface area contributed by atoms with Crippen LogP contribution in [0.25, 0.3) is 5.57 Å². The minimum Gasteiger partial charge on any atom is -0.348 e. The highest BCUT2D eigenvalue weighted by atomic mass is 32.1. The summed E-state index contributed by atoms with van der Waals surface area (Å²) in [7, 11) is 0. The van der Waals surface area contributed by atoms with Crippen molar-refractivity contribution in [3.63, 3.8) is 0 Å². The van der Waals surface area contributed by atoms with Crippen LogP contribution in [0.4, 0.5) is 0 Å². The standard InChI is InChI=1S/C13H16N2OS/c1-4-8-14-13(16)12(10(3)17)11-7-5-6-9(2)15-11/h4-7,17H,1,8H2,2-3H3,(H,14,16). The molecular formula is C13H16N2OS. The lowest BCUT2D eigenvalue weighted by Crippen LogP contribution is -2.25. The fourth-order valence-corrected chi connectivity index (χ4v) is 1.62. The van der Waals surface area contributed by atoms with Crippen molar-refractivity contribution >= 4 is 24.1 Å². The molecule has 0 fully saturated rings. The van der Waals surface area contributed by atoms with Gasteiger partial charge in [-0.3, -0.25) is 9.78 Å². The van der Waals surface area contributed by atoms with Gasteiger partial charge in [-0.25, -0.2) is 0 Å². The molecule has 1 aromatic rings. The minimum absolute atomic E-state index is 0.185. The van der Waals surface area contributed by atoms with Gasteiger partial charge in [-0.1, -0.05) is 12.1 Å². The smallest absolute Gasteiger partial charge is 0.254 e. The van der Waals surface area contributed by atoms with Crippen LogP contribution in [-0.2, 0) is 4.79 Å². The number of nitrogens with zero attached hydrogens (tertiary/aromatic N) is 1. The number of allylic oxidation sites excluding steroid dienone is 1. The number of nitrogens with one attached hydrogen (secondary N) is 1. The molecule has 0 radical (unpaired) electrons. The predicted molar refractivity (Wildman–Crippen MR) is 73.8 cm³/mol. The third-order valence-electron chi connectivity index (χ3n) is 2.14. The number of carbonyl (C=O) groups excluding carboxylic acids is 1. The van der Waals surface area contributed by atoms with E-state index in [1.165, 1.54) is 0 Å². The zero-order chi connectivity index (χ0) is 12.8. The summed E-state index contributed by atoms with van der Waals surface area (Å²) in [5.74, 6) is -0.185. The van der Waals surface area contributed by atoms with Crippen molar-refractivity contribution in [2.24, 2.45) is 0 Å². The summed E-state index contributed by atoms with van der Waals surface area (Å²) < 4.78 is 0. The summed E-state index contributed by atoms with van der Waals surface area (Å²) in [6.07, 6.45) is 1.63. The second-order valence-electron chi connectivity index (χ2n) is 3.62. The van der Waals surface area contributed by atoms with E-state index in [9.17, 15) is 4.79 Å². The maximum Gasteiger partial charge on any atom is 0.254 e. The molecule has 0 saturated carbocycles. The van der Waals surface area contributed by atoms with Crippen LogP contribution in [0.2, 0.25) is 0 Å². The molecule has 1 N–H and O–H groups in total. The largest absolute Gasteiger partial charge is 0.348 e. The Morgan fingerprint density at radius 2 is 2.29 bits per heavy atom. The molecule has 0 aliphatic carbocycles. The van der Waals surface area contributed by atoms with Gasteiger partial charge in [0.2, 0.25) is 0 Å². The third-order valence-corrected chi connectivity index (χ3v) is 2.36. The number of hydrogen-bond acceptors (Lipinski definition) is 3.